The predicted molar refractivity (Wildman–Crippen MR) is 78.1 cm³/mol. The van der Waals surface area contributed by atoms with Crippen molar-refractivity contribution < 1.29 is 4.39 Å². The maximum absolute atomic E-state index is 13.3. The lowest BCUT2D eigenvalue weighted by Crippen LogP contribution is -2.37. The van der Waals surface area contributed by atoms with Gasteiger partial charge in [-0.1, -0.05) is 44.6 Å². The first kappa shape index (κ1) is 15.1. The van der Waals surface area contributed by atoms with Gasteiger partial charge >= 0.3 is 0 Å². The van der Waals surface area contributed by atoms with E-state index >= 15 is 0 Å². The Bertz CT molecular complexity index is 395. The van der Waals surface area contributed by atoms with Crippen LogP contribution in [0.5, 0.6) is 0 Å². The number of rotatable bonds is 7. The van der Waals surface area contributed by atoms with Crippen molar-refractivity contribution in [1.82, 2.24) is 4.90 Å². The molecule has 100 valence electrons. The molecule has 2 N–H and O–H groups in total. The summed E-state index contributed by atoms with van der Waals surface area (Å²) in [5, 5.41) is 0. The van der Waals surface area contributed by atoms with Gasteiger partial charge in [0, 0.05) is 0 Å². The number of unbranched alkanes of at least 4 members (excludes halogenated alkanes) is 1. The molecule has 18 heavy (non-hydrogen) atoms. The van der Waals surface area contributed by atoms with Gasteiger partial charge in [0.15, 0.2) is 0 Å². The average molecular weight is 268 g/mol. The lowest BCUT2D eigenvalue weighted by molar-refractivity contribution is 0.253. The van der Waals surface area contributed by atoms with E-state index in [9.17, 15) is 4.39 Å². The van der Waals surface area contributed by atoms with Gasteiger partial charge in [0.2, 0.25) is 0 Å². The fourth-order valence-corrected chi connectivity index (χ4v) is 2.35. The van der Waals surface area contributed by atoms with Crippen LogP contribution in [0.3, 0.4) is 0 Å². The van der Waals surface area contributed by atoms with Crippen LogP contribution in [0.4, 0.5) is 4.39 Å². The molecule has 0 bridgehead atoms. The van der Waals surface area contributed by atoms with Crippen LogP contribution in [-0.4, -0.2) is 23.0 Å². The van der Waals surface area contributed by atoms with E-state index in [4.69, 9.17) is 18.0 Å². The summed E-state index contributed by atoms with van der Waals surface area (Å²) in [5.41, 5.74) is 6.67. The molecular formula is C14H21FN2S. The van der Waals surface area contributed by atoms with Gasteiger partial charge in [0.1, 0.15) is 5.82 Å². The molecule has 2 nitrogen and oxygen atoms in total. The molecule has 1 atom stereocenters. The molecule has 0 aliphatic rings. The summed E-state index contributed by atoms with van der Waals surface area (Å²) in [7, 11) is 0. The highest BCUT2D eigenvalue weighted by molar-refractivity contribution is 7.80. The molecule has 0 aliphatic heterocycles. The number of benzene rings is 1. The molecule has 0 fully saturated rings. The minimum absolute atomic E-state index is 0.174. The van der Waals surface area contributed by atoms with E-state index in [-0.39, 0.29) is 11.9 Å². The molecule has 0 amide bonds. The van der Waals surface area contributed by atoms with Gasteiger partial charge in [-0.05, 0) is 37.2 Å². The SMILES string of the molecule is CCCCN(CC)C(C(N)=S)c1cccc(F)c1. The van der Waals surface area contributed by atoms with Crippen molar-refractivity contribution in [3.63, 3.8) is 0 Å². The van der Waals surface area contributed by atoms with Gasteiger partial charge in [-0.3, -0.25) is 4.90 Å². The van der Waals surface area contributed by atoms with E-state index in [0.717, 1.165) is 31.5 Å². The summed E-state index contributed by atoms with van der Waals surface area (Å²) in [4.78, 5) is 2.60. The Balaban J connectivity index is 2.97. The van der Waals surface area contributed by atoms with E-state index in [2.05, 4.69) is 18.7 Å². The normalized spacial score (nSPS) is 12.7. The summed E-state index contributed by atoms with van der Waals surface area (Å²) in [6.45, 7) is 5.98. The van der Waals surface area contributed by atoms with E-state index in [1.807, 2.05) is 6.07 Å². The van der Waals surface area contributed by atoms with Crippen molar-refractivity contribution in [3.05, 3.63) is 35.6 Å². The van der Waals surface area contributed by atoms with Crippen LogP contribution >= 0.6 is 12.2 Å². The average Bonchev–Trinajstić information content (AvgIpc) is 2.33. The largest absolute Gasteiger partial charge is 0.392 e. The van der Waals surface area contributed by atoms with Crippen molar-refractivity contribution in [2.45, 2.75) is 32.7 Å². The molecule has 0 saturated carbocycles. The Hall–Kier alpha value is -1.00. The smallest absolute Gasteiger partial charge is 0.123 e. The molecule has 0 heterocycles. The number of halogens is 1. The zero-order valence-electron chi connectivity index (χ0n) is 11.0. The molecule has 1 aromatic rings. The summed E-state index contributed by atoms with van der Waals surface area (Å²) in [5.74, 6) is -0.250. The number of hydrogen-bond acceptors (Lipinski definition) is 2. The monoisotopic (exact) mass is 268 g/mol. The van der Waals surface area contributed by atoms with Crippen molar-refractivity contribution in [3.8, 4) is 0 Å². The Morgan fingerprint density at radius 2 is 2.17 bits per heavy atom. The first-order valence-electron chi connectivity index (χ1n) is 6.39. The molecule has 0 aromatic heterocycles. The molecule has 0 radical (unpaired) electrons. The second kappa shape index (κ2) is 7.44. The maximum atomic E-state index is 13.3. The Labute approximate surface area is 114 Å². The van der Waals surface area contributed by atoms with Crippen LogP contribution in [0.1, 0.15) is 38.3 Å². The number of thiocarbonyl (C=S) groups is 1. The number of nitrogens with two attached hydrogens (primary N) is 1. The topological polar surface area (TPSA) is 29.3 Å². The minimum Gasteiger partial charge on any atom is -0.392 e. The molecule has 1 aromatic carbocycles. The van der Waals surface area contributed by atoms with E-state index in [1.54, 1.807) is 6.07 Å². The first-order valence-corrected chi connectivity index (χ1v) is 6.79. The highest BCUT2D eigenvalue weighted by atomic mass is 32.1. The maximum Gasteiger partial charge on any atom is 0.123 e. The number of likely N-dealkylation sites (N-methyl/N-ethyl adjacent to an activating group) is 1. The molecule has 1 rings (SSSR count). The Morgan fingerprint density at radius 1 is 1.44 bits per heavy atom. The van der Waals surface area contributed by atoms with E-state index < -0.39 is 0 Å². The molecular weight excluding hydrogens is 247 g/mol. The second-order valence-corrected chi connectivity index (χ2v) is 4.81. The highest BCUT2D eigenvalue weighted by Crippen LogP contribution is 2.22. The lowest BCUT2D eigenvalue weighted by atomic mass is 10.0. The third kappa shape index (κ3) is 4.03. The predicted octanol–water partition coefficient (Wildman–Crippen LogP) is 3.27. The molecule has 0 aliphatic carbocycles. The van der Waals surface area contributed by atoms with Gasteiger partial charge in [0.25, 0.3) is 0 Å². The molecule has 1 unspecified atom stereocenters. The molecule has 0 saturated heterocycles. The van der Waals surface area contributed by atoms with Gasteiger partial charge < -0.3 is 5.73 Å². The zero-order chi connectivity index (χ0) is 13.5. The fourth-order valence-electron chi connectivity index (χ4n) is 2.06. The summed E-state index contributed by atoms with van der Waals surface area (Å²) >= 11 is 5.15. The minimum atomic E-state index is -0.250. The highest BCUT2D eigenvalue weighted by Gasteiger charge is 2.21. The van der Waals surface area contributed by atoms with Crippen molar-refractivity contribution >= 4 is 17.2 Å². The molecule has 4 heteroatoms. The lowest BCUT2D eigenvalue weighted by Gasteiger charge is -2.30. The van der Waals surface area contributed by atoms with E-state index in [1.165, 1.54) is 12.1 Å². The Kier molecular flexibility index (Phi) is 6.22. The summed E-state index contributed by atoms with van der Waals surface area (Å²) in [6.07, 6.45) is 2.20. The van der Waals surface area contributed by atoms with Crippen LogP contribution in [0.25, 0.3) is 0 Å². The van der Waals surface area contributed by atoms with Gasteiger partial charge in [-0.15, -0.1) is 0 Å². The number of hydrogen-bond donors (Lipinski definition) is 1. The standard InChI is InChI=1S/C14H21FN2S/c1-3-5-9-17(4-2)13(14(16)18)11-7-6-8-12(15)10-11/h6-8,10,13H,3-5,9H2,1-2H3,(H2,16,18). The van der Waals surface area contributed by atoms with Crippen LogP contribution in [0.2, 0.25) is 0 Å². The summed E-state index contributed by atoms with van der Waals surface area (Å²) in [6, 6.07) is 6.35. The second-order valence-electron chi connectivity index (χ2n) is 4.34. The third-order valence-corrected chi connectivity index (χ3v) is 3.23. The quantitative estimate of drug-likeness (QED) is 0.770. The summed E-state index contributed by atoms with van der Waals surface area (Å²) < 4.78 is 13.3. The van der Waals surface area contributed by atoms with Gasteiger partial charge in [0.05, 0.1) is 11.0 Å². The van der Waals surface area contributed by atoms with Gasteiger partial charge in [-0.25, -0.2) is 4.39 Å². The van der Waals surface area contributed by atoms with E-state index in [0.29, 0.717) is 4.99 Å². The van der Waals surface area contributed by atoms with Crippen molar-refractivity contribution in [2.75, 3.05) is 13.1 Å². The fraction of sp³-hybridized carbons (Fsp3) is 0.500. The van der Waals surface area contributed by atoms with Crippen LogP contribution in [-0.2, 0) is 0 Å². The first-order chi connectivity index (χ1) is 8.60. The van der Waals surface area contributed by atoms with Crippen LogP contribution in [0.15, 0.2) is 24.3 Å². The Morgan fingerprint density at radius 3 is 2.67 bits per heavy atom. The van der Waals surface area contributed by atoms with Crippen LogP contribution in [0, 0.1) is 5.82 Å². The van der Waals surface area contributed by atoms with Crippen molar-refractivity contribution in [2.24, 2.45) is 5.73 Å². The van der Waals surface area contributed by atoms with Crippen molar-refractivity contribution in [1.29, 1.82) is 0 Å². The van der Waals surface area contributed by atoms with Gasteiger partial charge in [-0.2, -0.15) is 0 Å². The number of nitrogens with zero attached hydrogens (tertiary/aromatic N) is 1. The third-order valence-electron chi connectivity index (χ3n) is 3.00. The zero-order valence-corrected chi connectivity index (χ0v) is 11.8. The molecule has 0 spiro atoms. The van der Waals surface area contributed by atoms with Crippen LogP contribution < -0.4 is 5.73 Å².